The smallest absolute Gasteiger partial charge is 0.336 e. The third-order valence-corrected chi connectivity index (χ3v) is 3.10. The molecule has 0 aliphatic heterocycles. The van der Waals surface area contributed by atoms with Crippen LogP contribution in [-0.4, -0.2) is 5.97 Å². The Bertz CT molecular complexity index is 631. The van der Waals surface area contributed by atoms with Gasteiger partial charge in [-0.05, 0) is 59.3 Å². The van der Waals surface area contributed by atoms with Crippen LogP contribution in [0, 0.1) is 6.92 Å². The molecule has 0 saturated carbocycles. The molecule has 3 nitrogen and oxygen atoms in total. The van der Waals surface area contributed by atoms with Crippen LogP contribution in [0.2, 0.25) is 5.02 Å². The monoisotopic (exact) mass is 340 g/mol. The number of hydrogen-bond donors (Lipinski definition) is 0. The molecule has 0 N–H and O–H groups in total. The van der Waals surface area contributed by atoms with Gasteiger partial charge in [0, 0.05) is 11.1 Å². The molecular formula is C14H10BrClO3. The molecular weight excluding hydrogens is 332 g/mol. The van der Waals surface area contributed by atoms with Gasteiger partial charge in [0.1, 0.15) is 17.3 Å². The van der Waals surface area contributed by atoms with Gasteiger partial charge >= 0.3 is 5.97 Å². The summed E-state index contributed by atoms with van der Waals surface area (Å²) < 4.78 is 11.1. The largest absolute Gasteiger partial charge is 0.462 e. The maximum absolute atomic E-state index is 11.6. The van der Waals surface area contributed by atoms with Crippen LogP contribution in [0.3, 0.4) is 0 Å². The summed E-state index contributed by atoms with van der Waals surface area (Å²) >= 11 is 9.07. The van der Waals surface area contributed by atoms with Crippen LogP contribution in [0.5, 0.6) is 5.75 Å². The van der Waals surface area contributed by atoms with E-state index in [1.54, 1.807) is 30.3 Å². The molecule has 0 spiro atoms. The van der Waals surface area contributed by atoms with Crippen LogP contribution in [-0.2, 0) is 4.79 Å². The van der Waals surface area contributed by atoms with Crippen molar-refractivity contribution < 1.29 is 13.9 Å². The van der Waals surface area contributed by atoms with E-state index in [-0.39, 0.29) is 0 Å². The lowest BCUT2D eigenvalue weighted by Crippen LogP contribution is -2.03. The standard InChI is InChI=1S/C14H10BrClO3/c1-9-2-4-11(18-9)5-7-14(17)19-13-6-3-10(16)8-12(13)15/h2-8H,1H3/b7-5+. The number of hydrogen-bond acceptors (Lipinski definition) is 3. The van der Waals surface area contributed by atoms with E-state index in [1.807, 2.05) is 13.0 Å². The summed E-state index contributed by atoms with van der Waals surface area (Å²) in [4.78, 5) is 11.6. The average Bonchev–Trinajstić information content (AvgIpc) is 2.76. The molecule has 0 unspecified atom stereocenters. The Morgan fingerprint density at radius 3 is 2.79 bits per heavy atom. The fourth-order valence-electron chi connectivity index (χ4n) is 1.39. The summed E-state index contributed by atoms with van der Waals surface area (Å²) in [5, 5.41) is 0.563. The van der Waals surface area contributed by atoms with Crippen molar-refractivity contribution >= 4 is 39.6 Å². The van der Waals surface area contributed by atoms with Gasteiger partial charge in [0.2, 0.25) is 0 Å². The lowest BCUT2D eigenvalue weighted by atomic mass is 10.3. The Balaban J connectivity index is 2.03. The molecule has 0 radical (unpaired) electrons. The van der Waals surface area contributed by atoms with E-state index in [0.29, 0.717) is 21.0 Å². The number of halogens is 2. The highest BCUT2D eigenvalue weighted by Crippen LogP contribution is 2.28. The first-order chi connectivity index (χ1) is 9.04. The Morgan fingerprint density at radius 2 is 2.16 bits per heavy atom. The van der Waals surface area contributed by atoms with Crippen molar-refractivity contribution in [2.45, 2.75) is 6.92 Å². The van der Waals surface area contributed by atoms with E-state index in [0.717, 1.165) is 5.76 Å². The number of benzene rings is 1. The second-order valence-electron chi connectivity index (χ2n) is 3.78. The van der Waals surface area contributed by atoms with Gasteiger partial charge in [0.05, 0.1) is 4.47 Å². The zero-order valence-corrected chi connectivity index (χ0v) is 12.4. The molecule has 0 atom stereocenters. The zero-order valence-electron chi connectivity index (χ0n) is 10.0. The minimum atomic E-state index is -0.489. The Kier molecular flexibility index (Phi) is 4.45. The van der Waals surface area contributed by atoms with Gasteiger partial charge in [-0.25, -0.2) is 4.79 Å². The number of carbonyl (C=O) groups is 1. The maximum Gasteiger partial charge on any atom is 0.336 e. The summed E-state index contributed by atoms with van der Waals surface area (Å²) in [5.74, 6) is 1.31. The zero-order chi connectivity index (χ0) is 13.8. The van der Waals surface area contributed by atoms with Gasteiger partial charge in [-0.2, -0.15) is 0 Å². The predicted octanol–water partition coefficient (Wildman–Crippen LogP) is 4.62. The maximum atomic E-state index is 11.6. The number of ether oxygens (including phenoxy) is 1. The van der Waals surface area contributed by atoms with Gasteiger partial charge in [0.25, 0.3) is 0 Å². The van der Waals surface area contributed by atoms with Gasteiger partial charge in [-0.1, -0.05) is 11.6 Å². The predicted molar refractivity (Wildman–Crippen MR) is 77.3 cm³/mol. The third-order valence-electron chi connectivity index (χ3n) is 2.25. The summed E-state index contributed by atoms with van der Waals surface area (Å²) in [6, 6.07) is 8.52. The number of esters is 1. The Hall–Kier alpha value is -1.52. The molecule has 0 amide bonds. The molecule has 1 aromatic heterocycles. The molecule has 98 valence electrons. The van der Waals surface area contributed by atoms with Gasteiger partial charge < -0.3 is 9.15 Å². The topological polar surface area (TPSA) is 39.4 Å². The van der Waals surface area contributed by atoms with Crippen LogP contribution in [0.15, 0.2) is 45.3 Å². The van der Waals surface area contributed by atoms with Gasteiger partial charge in [-0.15, -0.1) is 0 Å². The summed E-state index contributed by atoms with van der Waals surface area (Å²) in [5.41, 5.74) is 0. The van der Waals surface area contributed by atoms with Crippen LogP contribution < -0.4 is 4.74 Å². The van der Waals surface area contributed by atoms with Crippen LogP contribution >= 0.6 is 27.5 Å². The fraction of sp³-hybridized carbons (Fsp3) is 0.0714. The molecule has 2 aromatic rings. The SMILES string of the molecule is Cc1ccc(/C=C/C(=O)Oc2ccc(Cl)cc2Br)o1. The molecule has 2 rings (SSSR count). The van der Waals surface area contributed by atoms with Gasteiger partial charge in [-0.3, -0.25) is 0 Å². The Morgan fingerprint density at radius 1 is 1.37 bits per heavy atom. The van der Waals surface area contributed by atoms with E-state index < -0.39 is 5.97 Å². The van der Waals surface area contributed by atoms with Crippen LogP contribution in [0.1, 0.15) is 11.5 Å². The van der Waals surface area contributed by atoms with Crippen molar-refractivity contribution in [3.8, 4) is 5.75 Å². The normalized spacial score (nSPS) is 10.9. The van der Waals surface area contributed by atoms with E-state index >= 15 is 0 Å². The lowest BCUT2D eigenvalue weighted by molar-refractivity contribution is -0.128. The number of furan rings is 1. The van der Waals surface area contributed by atoms with Crippen LogP contribution in [0.25, 0.3) is 6.08 Å². The van der Waals surface area contributed by atoms with Crippen LogP contribution in [0.4, 0.5) is 0 Å². The average molecular weight is 342 g/mol. The van der Waals surface area contributed by atoms with E-state index in [4.69, 9.17) is 20.8 Å². The van der Waals surface area contributed by atoms with E-state index in [1.165, 1.54) is 6.08 Å². The number of aryl methyl sites for hydroxylation is 1. The molecule has 5 heteroatoms. The van der Waals surface area contributed by atoms with Crippen molar-refractivity contribution in [2.24, 2.45) is 0 Å². The molecule has 0 bridgehead atoms. The minimum absolute atomic E-state index is 0.412. The summed E-state index contributed by atoms with van der Waals surface area (Å²) in [6.07, 6.45) is 2.86. The molecule has 0 fully saturated rings. The molecule has 0 aliphatic carbocycles. The second kappa shape index (κ2) is 6.08. The van der Waals surface area contributed by atoms with Crippen molar-refractivity contribution in [3.63, 3.8) is 0 Å². The fourth-order valence-corrected chi connectivity index (χ4v) is 2.16. The molecule has 1 heterocycles. The second-order valence-corrected chi connectivity index (χ2v) is 5.07. The number of carbonyl (C=O) groups excluding carboxylic acids is 1. The van der Waals surface area contributed by atoms with Crippen molar-refractivity contribution in [3.05, 3.63) is 57.4 Å². The van der Waals surface area contributed by atoms with Crippen molar-refractivity contribution in [1.29, 1.82) is 0 Å². The molecule has 19 heavy (non-hydrogen) atoms. The van der Waals surface area contributed by atoms with Crippen molar-refractivity contribution in [1.82, 2.24) is 0 Å². The van der Waals surface area contributed by atoms with E-state index in [9.17, 15) is 4.79 Å². The highest BCUT2D eigenvalue weighted by molar-refractivity contribution is 9.10. The molecule has 1 aromatic carbocycles. The quantitative estimate of drug-likeness (QED) is 0.464. The van der Waals surface area contributed by atoms with E-state index in [2.05, 4.69) is 15.9 Å². The first kappa shape index (κ1) is 13.9. The first-order valence-electron chi connectivity index (χ1n) is 5.46. The lowest BCUT2D eigenvalue weighted by Gasteiger charge is -2.03. The summed E-state index contributed by atoms with van der Waals surface area (Å²) in [6.45, 7) is 1.83. The Labute approximate surface area is 123 Å². The third kappa shape index (κ3) is 3.98. The highest BCUT2D eigenvalue weighted by atomic mass is 79.9. The number of rotatable bonds is 3. The minimum Gasteiger partial charge on any atom is -0.462 e. The first-order valence-corrected chi connectivity index (χ1v) is 6.63. The highest BCUT2D eigenvalue weighted by Gasteiger charge is 2.06. The van der Waals surface area contributed by atoms with Gasteiger partial charge in [0.15, 0.2) is 0 Å². The van der Waals surface area contributed by atoms with Crippen molar-refractivity contribution in [2.75, 3.05) is 0 Å². The summed E-state index contributed by atoms with van der Waals surface area (Å²) in [7, 11) is 0. The molecule has 0 aliphatic rings. The molecule has 0 saturated heterocycles.